The summed E-state index contributed by atoms with van der Waals surface area (Å²) < 4.78 is 32.0. The number of benzene rings is 1. The first kappa shape index (κ1) is 13.3. The van der Waals surface area contributed by atoms with Gasteiger partial charge in [0, 0.05) is 10.5 Å². The fraction of sp³-hybridized carbons (Fsp3) is 0.417. The van der Waals surface area contributed by atoms with Crippen molar-refractivity contribution in [3.05, 3.63) is 28.2 Å². The Morgan fingerprint density at radius 2 is 2.17 bits per heavy atom. The molecule has 1 aliphatic rings. The third-order valence-corrected chi connectivity index (χ3v) is 3.01. The highest BCUT2D eigenvalue weighted by atomic mass is 79.9. The summed E-state index contributed by atoms with van der Waals surface area (Å²) in [5.41, 5.74) is 0. The fourth-order valence-corrected chi connectivity index (χ4v) is 1.82. The van der Waals surface area contributed by atoms with Crippen LogP contribution in [0.2, 0.25) is 0 Å². The van der Waals surface area contributed by atoms with Gasteiger partial charge in [0.25, 0.3) is 5.91 Å². The minimum atomic E-state index is -1.09. The number of halogens is 3. The fourth-order valence-electron chi connectivity index (χ4n) is 1.41. The number of carbonyl (C=O) groups excluding carboxylic acids is 1. The number of hydrogen-bond acceptors (Lipinski definition) is 2. The first-order chi connectivity index (χ1) is 8.47. The summed E-state index contributed by atoms with van der Waals surface area (Å²) >= 11 is 3.04. The van der Waals surface area contributed by atoms with Crippen LogP contribution >= 0.6 is 15.9 Å². The topological polar surface area (TPSA) is 38.3 Å². The maximum absolute atomic E-state index is 13.4. The highest BCUT2D eigenvalue weighted by molar-refractivity contribution is 9.10. The average molecular weight is 320 g/mol. The molecule has 18 heavy (non-hydrogen) atoms. The van der Waals surface area contributed by atoms with Gasteiger partial charge < -0.3 is 10.1 Å². The van der Waals surface area contributed by atoms with Gasteiger partial charge in [-0.3, -0.25) is 4.79 Å². The molecule has 1 unspecified atom stereocenters. The van der Waals surface area contributed by atoms with Crippen molar-refractivity contribution in [3.63, 3.8) is 0 Å². The zero-order valence-electron chi connectivity index (χ0n) is 9.67. The van der Waals surface area contributed by atoms with E-state index in [0.29, 0.717) is 4.47 Å². The number of hydrogen-bond donors (Lipinski definition) is 1. The predicted octanol–water partition coefficient (Wildman–Crippen LogP) is 2.77. The first-order valence-electron chi connectivity index (χ1n) is 5.59. The van der Waals surface area contributed by atoms with Crippen molar-refractivity contribution in [2.75, 3.05) is 0 Å². The van der Waals surface area contributed by atoms with Gasteiger partial charge in [-0.25, -0.2) is 4.39 Å². The van der Waals surface area contributed by atoms with E-state index in [4.69, 9.17) is 4.74 Å². The molecule has 1 aliphatic carbocycles. The van der Waals surface area contributed by atoms with E-state index < -0.39 is 17.7 Å². The van der Waals surface area contributed by atoms with E-state index in [1.807, 2.05) is 0 Å². The van der Waals surface area contributed by atoms with Crippen molar-refractivity contribution >= 4 is 21.8 Å². The van der Waals surface area contributed by atoms with Crippen LogP contribution in [0.4, 0.5) is 8.78 Å². The molecule has 3 nitrogen and oxygen atoms in total. The summed E-state index contributed by atoms with van der Waals surface area (Å²) in [4.78, 5) is 11.6. The zero-order chi connectivity index (χ0) is 13.3. The van der Waals surface area contributed by atoms with Gasteiger partial charge >= 0.3 is 0 Å². The lowest BCUT2D eigenvalue weighted by Gasteiger charge is -2.15. The van der Waals surface area contributed by atoms with Gasteiger partial charge in [0.15, 0.2) is 17.7 Å². The SMILES string of the molecule is CC(Oc1cc(Br)cc(F)c1F)C(=O)NC1CC1. The van der Waals surface area contributed by atoms with Crippen molar-refractivity contribution in [2.24, 2.45) is 0 Å². The normalized spacial score (nSPS) is 16.2. The van der Waals surface area contributed by atoms with Crippen LogP contribution in [0.1, 0.15) is 19.8 Å². The summed E-state index contributed by atoms with van der Waals surface area (Å²) in [5, 5.41) is 2.73. The number of amides is 1. The van der Waals surface area contributed by atoms with E-state index in [-0.39, 0.29) is 17.7 Å². The highest BCUT2D eigenvalue weighted by Gasteiger charge is 2.27. The second-order valence-corrected chi connectivity index (χ2v) is 5.16. The molecule has 1 amide bonds. The van der Waals surface area contributed by atoms with E-state index in [0.717, 1.165) is 18.9 Å². The Balaban J connectivity index is 2.05. The zero-order valence-corrected chi connectivity index (χ0v) is 11.3. The quantitative estimate of drug-likeness (QED) is 0.867. The maximum Gasteiger partial charge on any atom is 0.260 e. The largest absolute Gasteiger partial charge is 0.478 e. The third kappa shape index (κ3) is 3.19. The number of ether oxygens (including phenoxy) is 1. The van der Waals surface area contributed by atoms with Crippen LogP contribution in [0.5, 0.6) is 5.75 Å². The van der Waals surface area contributed by atoms with Gasteiger partial charge in [-0.2, -0.15) is 4.39 Å². The maximum atomic E-state index is 13.4. The summed E-state index contributed by atoms with van der Waals surface area (Å²) in [7, 11) is 0. The number of nitrogens with one attached hydrogen (secondary N) is 1. The van der Waals surface area contributed by atoms with Crippen molar-refractivity contribution in [1.29, 1.82) is 0 Å². The lowest BCUT2D eigenvalue weighted by Crippen LogP contribution is -2.37. The van der Waals surface area contributed by atoms with Crippen LogP contribution in [0.15, 0.2) is 16.6 Å². The summed E-state index contributed by atoms with van der Waals surface area (Å²) in [6.07, 6.45) is 1.05. The Morgan fingerprint density at radius 3 is 2.78 bits per heavy atom. The Labute approximate surface area is 112 Å². The van der Waals surface area contributed by atoms with Gasteiger partial charge in [0.05, 0.1) is 0 Å². The molecule has 0 saturated heterocycles. The molecule has 98 valence electrons. The number of carbonyl (C=O) groups is 1. The molecule has 0 bridgehead atoms. The molecule has 6 heteroatoms. The van der Waals surface area contributed by atoms with Crippen LogP contribution in [0.3, 0.4) is 0 Å². The average Bonchev–Trinajstić information content (AvgIpc) is 3.08. The second kappa shape index (κ2) is 5.22. The van der Waals surface area contributed by atoms with Gasteiger partial charge in [0.1, 0.15) is 0 Å². The van der Waals surface area contributed by atoms with Crippen LogP contribution < -0.4 is 10.1 Å². The molecule has 0 aliphatic heterocycles. The molecular formula is C12H12BrF2NO2. The minimum absolute atomic E-state index is 0.202. The van der Waals surface area contributed by atoms with Crippen molar-refractivity contribution in [2.45, 2.75) is 31.9 Å². The van der Waals surface area contributed by atoms with Crippen LogP contribution in [-0.4, -0.2) is 18.1 Å². The summed E-state index contributed by atoms with van der Waals surface area (Å²) in [5.74, 6) is -2.71. The van der Waals surface area contributed by atoms with Crippen LogP contribution in [-0.2, 0) is 4.79 Å². The molecule has 1 saturated carbocycles. The standard InChI is InChI=1S/C12H12BrF2NO2/c1-6(12(17)16-8-2-3-8)18-10-5-7(13)4-9(14)11(10)15/h4-6,8H,2-3H2,1H3,(H,16,17). The molecule has 1 aromatic carbocycles. The minimum Gasteiger partial charge on any atom is -0.478 e. The molecule has 1 fully saturated rings. The van der Waals surface area contributed by atoms with E-state index in [2.05, 4.69) is 21.2 Å². The molecule has 0 aromatic heterocycles. The van der Waals surface area contributed by atoms with Crippen LogP contribution in [0.25, 0.3) is 0 Å². The number of rotatable bonds is 4. The lowest BCUT2D eigenvalue weighted by atomic mass is 10.3. The first-order valence-corrected chi connectivity index (χ1v) is 6.38. The summed E-state index contributed by atoms with van der Waals surface area (Å²) in [6, 6.07) is 2.49. The molecule has 0 radical (unpaired) electrons. The van der Waals surface area contributed by atoms with E-state index in [1.165, 1.54) is 13.0 Å². The van der Waals surface area contributed by atoms with Crippen molar-refractivity contribution < 1.29 is 18.3 Å². The molecule has 0 heterocycles. The lowest BCUT2D eigenvalue weighted by molar-refractivity contribution is -0.127. The highest BCUT2D eigenvalue weighted by Crippen LogP contribution is 2.26. The van der Waals surface area contributed by atoms with E-state index in [9.17, 15) is 13.6 Å². The monoisotopic (exact) mass is 319 g/mol. The predicted molar refractivity (Wildman–Crippen MR) is 65.3 cm³/mol. The third-order valence-electron chi connectivity index (χ3n) is 2.56. The van der Waals surface area contributed by atoms with Gasteiger partial charge in [-0.05, 0) is 31.9 Å². The molecule has 1 atom stereocenters. The second-order valence-electron chi connectivity index (χ2n) is 4.24. The van der Waals surface area contributed by atoms with Gasteiger partial charge in [-0.1, -0.05) is 15.9 Å². The van der Waals surface area contributed by atoms with E-state index in [1.54, 1.807) is 0 Å². The van der Waals surface area contributed by atoms with Gasteiger partial charge in [-0.15, -0.1) is 0 Å². The van der Waals surface area contributed by atoms with Crippen molar-refractivity contribution in [3.8, 4) is 5.75 Å². The Morgan fingerprint density at radius 1 is 1.50 bits per heavy atom. The Hall–Kier alpha value is -1.17. The van der Waals surface area contributed by atoms with E-state index >= 15 is 0 Å². The molecule has 0 spiro atoms. The molecule has 1 N–H and O–H groups in total. The van der Waals surface area contributed by atoms with Crippen molar-refractivity contribution in [1.82, 2.24) is 5.32 Å². The molecule has 2 rings (SSSR count). The molecule has 1 aromatic rings. The Bertz CT molecular complexity index is 477. The van der Waals surface area contributed by atoms with Gasteiger partial charge in [0.2, 0.25) is 5.82 Å². The Kier molecular flexibility index (Phi) is 3.85. The molecular weight excluding hydrogens is 308 g/mol. The van der Waals surface area contributed by atoms with Crippen LogP contribution in [0, 0.1) is 11.6 Å². The smallest absolute Gasteiger partial charge is 0.260 e. The summed E-state index contributed by atoms with van der Waals surface area (Å²) in [6.45, 7) is 1.50.